The Kier molecular flexibility index (Phi) is 5.69. The first kappa shape index (κ1) is 21.3. The van der Waals surface area contributed by atoms with Crippen molar-refractivity contribution in [2.24, 2.45) is 0 Å². The van der Waals surface area contributed by atoms with Crippen molar-refractivity contribution < 1.29 is 33.0 Å². The van der Waals surface area contributed by atoms with Gasteiger partial charge >= 0.3 is 12.6 Å². The number of rotatable bonds is 6. The molecule has 0 fully saturated rings. The average Bonchev–Trinajstić information content (AvgIpc) is 2.99. The number of ether oxygens (including phenoxy) is 2. The van der Waals surface area contributed by atoms with Crippen LogP contribution in [0.25, 0.3) is 10.8 Å². The number of carboxylic acids is 1. The fraction of sp³-hybridized carbons (Fsp3) is 0.182. The first-order chi connectivity index (χ1) is 14.8. The van der Waals surface area contributed by atoms with E-state index in [-0.39, 0.29) is 17.7 Å². The Balaban J connectivity index is 1.89. The van der Waals surface area contributed by atoms with Crippen molar-refractivity contribution in [3.63, 3.8) is 0 Å². The number of methoxy groups -OCH3 is 1. The first-order valence-corrected chi connectivity index (χ1v) is 10.4. The van der Waals surface area contributed by atoms with Crippen LogP contribution in [-0.2, 0) is 11.2 Å². The number of carboxylic acid groups (broad SMARTS) is 1. The number of carbonyl (C=O) groups is 2. The van der Waals surface area contributed by atoms with Crippen molar-refractivity contribution in [1.82, 2.24) is 0 Å². The van der Waals surface area contributed by atoms with Gasteiger partial charge in [0, 0.05) is 22.0 Å². The highest BCUT2D eigenvalue weighted by Gasteiger charge is 2.43. The summed E-state index contributed by atoms with van der Waals surface area (Å²) in [6, 6.07) is 13.3. The van der Waals surface area contributed by atoms with Crippen LogP contribution in [0.4, 0.5) is 14.5 Å². The molecule has 160 valence electrons. The van der Waals surface area contributed by atoms with Gasteiger partial charge in [-0.15, -0.1) is 0 Å². The van der Waals surface area contributed by atoms with Crippen molar-refractivity contribution in [3.05, 3.63) is 65.2 Å². The van der Waals surface area contributed by atoms with Crippen LogP contribution in [0.5, 0.6) is 11.5 Å². The molecule has 1 atom stereocenters. The number of hydrogen-bond donors (Lipinski definition) is 1. The predicted octanol–water partition coefficient (Wildman–Crippen LogP) is 5.17. The molecule has 1 unspecified atom stereocenters. The van der Waals surface area contributed by atoms with Crippen LogP contribution in [-0.4, -0.2) is 30.7 Å². The Labute approximate surface area is 189 Å². The lowest BCUT2D eigenvalue weighted by Gasteiger charge is -2.21. The lowest BCUT2D eigenvalue weighted by Crippen LogP contribution is -2.25. The Hall–Kier alpha value is -2.95. The molecule has 0 bridgehead atoms. The molecule has 1 heterocycles. The molecule has 9 heteroatoms. The summed E-state index contributed by atoms with van der Waals surface area (Å²) in [5.41, 5.74) is 1.57. The van der Waals surface area contributed by atoms with Crippen LogP contribution in [0.3, 0.4) is 0 Å². The van der Waals surface area contributed by atoms with Gasteiger partial charge < -0.3 is 14.6 Å². The van der Waals surface area contributed by atoms with E-state index in [1.807, 2.05) is 0 Å². The third-order valence-corrected chi connectivity index (χ3v) is 6.22. The minimum atomic E-state index is -3.11. The van der Waals surface area contributed by atoms with Crippen molar-refractivity contribution in [2.75, 3.05) is 12.0 Å². The standard InChI is InChI=1S/C22H16F2INO5/c1-30-18-13-4-2-3-5-14(13)19(31-22(23)24)17-16(18)20(25)26(21(17)29)12-8-6-11(7-9-12)10-15(27)28/h2-9,20,22H,10H2,1H3,(H,27,28). The number of hydrogen-bond acceptors (Lipinski definition) is 4. The highest BCUT2D eigenvalue weighted by atomic mass is 127. The zero-order valence-corrected chi connectivity index (χ0v) is 18.3. The van der Waals surface area contributed by atoms with E-state index in [1.54, 1.807) is 48.5 Å². The van der Waals surface area contributed by atoms with Gasteiger partial charge in [0.1, 0.15) is 15.5 Å². The molecular weight excluding hydrogens is 523 g/mol. The fourth-order valence-electron chi connectivity index (χ4n) is 3.82. The van der Waals surface area contributed by atoms with Gasteiger partial charge in [0.15, 0.2) is 0 Å². The Morgan fingerprint density at radius 2 is 1.74 bits per heavy atom. The summed E-state index contributed by atoms with van der Waals surface area (Å²) < 4.78 is 36.4. The molecule has 4 rings (SSSR count). The monoisotopic (exact) mass is 539 g/mol. The van der Waals surface area contributed by atoms with Crippen molar-refractivity contribution in [1.29, 1.82) is 0 Å². The van der Waals surface area contributed by atoms with E-state index in [0.29, 0.717) is 33.3 Å². The number of amides is 1. The molecule has 0 saturated carbocycles. The van der Waals surface area contributed by atoms with Gasteiger partial charge in [-0.3, -0.25) is 14.5 Å². The van der Waals surface area contributed by atoms with E-state index < -0.39 is 22.5 Å². The minimum Gasteiger partial charge on any atom is -0.496 e. The van der Waals surface area contributed by atoms with Gasteiger partial charge in [-0.25, -0.2) is 0 Å². The van der Waals surface area contributed by atoms with E-state index in [9.17, 15) is 18.4 Å². The topological polar surface area (TPSA) is 76.1 Å². The van der Waals surface area contributed by atoms with E-state index in [4.69, 9.17) is 14.6 Å². The predicted molar refractivity (Wildman–Crippen MR) is 118 cm³/mol. The minimum absolute atomic E-state index is 0.0323. The van der Waals surface area contributed by atoms with Crippen molar-refractivity contribution in [3.8, 4) is 11.5 Å². The third-order valence-electron chi connectivity index (χ3n) is 5.04. The van der Waals surface area contributed by atoms with Gasteiger partial charge in [0.25, 0.3) is 5.91 Å². The molecule has 1 aliphatic heterocycles. The zero-order chi connectivity index (χ0) is 22.3. The number of alkyl halides is 3. The van der Waals surface area contributed by atoms with Crippen LogP contribution in [0.2, 0.25) is 0 Å². The van der Waals surface area contributed by atoms with Crippen LogP contribution in [0, 0.1) is 0 Å². The number of halogens is 3. The van der Waals surface area contributed by atoms with Crippen LogP contribution in [0.1, 0.15) is 25.5 Å². The maximum absolute atomic E-state index is 13.4. The summed E-state index contributed by atoms with van der Waals surface area (Å²) in [7, 11) is 1.47. The maximum Gasteiger partial charge on any atom is 0.387 e. The summed E-state index contributed by atoms with van der Waals surface area (Å²) in [6.45, 7) is -3.11. The second-order valence-electron chi connectivity index (χ2n) is 6.82. The van der Waals surface area contributed by atoms with Crippen LogP contribution in [0.15, 0.2) is 48.5 Å². The summed E-state index contributed by atoms with van der Waals surface area (Å²) in [5.74, 6) is -1.22. The van der Waals surface area contributed by atoms with E-state index in [2.05, 4.69) is 22.6 Å². The molecule has 1 amide bonds. The molecule has 0 saturated heterocycles. The average molecular weight is 539 g/mol. The quantitative estimate of drug-likeness (QED) is 0.266. The van der Waals surface area contributed by atoms with Gasteiger partial charge in [-0.05, 0) is 17.7 Å². The number of nitrogens with zero attached hydrogens (tertiary/aromatic N) is 1. The molecule has 3 aromatic carbocycles. The van der Waals surface area contributed by atoms with Crippen LogP contribution < -0.4 is 14.4 Å². The van der Waals surface area contributed by atoms with E-state index in [0.717, 1.165) is 0 Å². The molecule has 1 N–H and O–H groups in total. The summed E-state index contributed by atoms with van der Waals surface area (Å²) >= 11 is 2.05. The number of fused-ring (bicyclic) bond motifs is 2. The van der Waals surface area contributed by atoms with Crippen LogP contribution >= 0.6 is 22.6 Å². The molecule has 0 spiro atoms. The summed E-state index contributed by atoms with van der Waals surface area (Å²) in [4.78, 5) is 25.8. The third kappa shape index (κ3) is 3.67. The Morgan fingerprint density at radius 3 is 2.29 bits per heavy atom. The smallest absolute Gasteiger partial charge is 0.387 e. The SMILES string of the molecule is COc1c2c(c(OC(F)F)c3ccccc13)C(=O)N(c1ccc(CC(=O)O)cc1)C2I. The number of aliphatic carboxylic acids is 1. The molecule has 1 aliphatic rings. The van der Waals surface area contributed by atoms with Gasteiger partial charge in [0.2, 0.25) is 0 Å². The molecule has 3 aromatic rings. The molecular formula is C22H16F2INO5. The van der Waals surface area contributed by atoms with Gasteiger partial charge in [0.05, 0.1) is 19.1 Å². The van der Waals surface area contributed by atoms with E-state index >= 15 is 0 Å². The molecule has 0 aliphatic carbocycles. The van der Waals surface area contributed by atoms with Gasteiger partial charge in [-0.2, -0.15) is 8.78 Å². The largest absolute Gasteiger partial charge is 0.496 e. The summed E-state index contributed by atoms with van der Waals surface area (Å²) in [5, 5.41) is 9.87. The highest BCUT2D eigenvalue weighted by Crippen LogP contribution is 2.53. The summed E-state index contributed by atoms with van der Waals surface area (Å²) in [6.07, 6.45) is -0.145. The highest BCUT2D eigenvalue weighted by molar-refractivity contribution is 14.1. The van der Waals surface area contributed by atoms with Crippen molar-refractivity contribution in [2.45, 2.75) is 17.1 Å². The molecule has 6 nitrogen and oxygen atoms in total. The Morgan fingerprint density at radius 1 is 1.13 bits per heavy atom. The first-order valence-electron chi connectivity index (χ1n) is 9.19. The van der Waals surface area contributed by atoms with E-state index in [1.165, 1.54) is 12.0 Å². The maximum atomic E-state index is 13.4. The molecule has 0 aromatic heterocycles. The van der Waals surface area contributed by atoms with Crippen molar-refractivity contribution >= 4 is 50.9 Å². The molecule has 31 heavy (non-hydrogen) atoms. The second kappa shape index (κ2) is 8.29. The fourth-order valence-corrected chi connectivity index (χ4v) is 4.98. The van der Waals surface area contributed by atoms with Gasteiger partial charge in [-0.1, -0.05) is 59.0 Å². The lowest BCUT2D eigenvalue weighted by molar-refractivity contribution is -0.136. The number of benzene rings is 3. The second-order valence-corrected chi connectivity index (χ2v) is 8.00. The zero-order valence-electron chi connectivity index (χ0n) is 16.1. The number of carbonyl (C=O) groups excluding carboxylic acids is 1. The normalized spacial score (nSPS) is 15.5. The molecule has 0 radical (unpaired) electrons. The lowest BCUT2D eigenvalue weighted by atomic mass is 9.99. The Bertz CT molecular complexity index is 1180. The number of anilines is 1.